The molecule has 0 aromatic heterocycles. The number of ether oxygens (including phenoxy) is 1. The van der Waals surface area contributed by atoms with Gasteiger partial charge in [0.05, 0.1) is 11.5 Å². The van der Waals surface area contributed by atoms with Crippen LogP contribution in [0.15, 0.2) is 47.4 Å². The standard InChI is InChI=1S/C15H15NO6S/c1-3-21-13-9-4-5-10-14(13)22-23(19,20)15-11(2)7-6-8-12(15)16(17)18/h4-10H,3H2,1-2H3. The number of nitro groups is 1. The lowest BCUT2D eigenvalue weighted by molar-refractivity contribution is -0.388. The van der Waals surface area contributed by atoms with Gasteiger partial charge in [-0.2, -0.15) is 8.42 Å². The van der Waals surface area contributed by atoms with E-state index in [0.29, 0.717) is 6.61 Å². The molecule has 0 aliphatic rings. The molecule has 23 heavy (non-hydrogen) atoms. The van der Waals surface area contributed by atoms with Gasteiger partial charge in [0, 0.05) is 6.07 Å². The number of nitro benzene ring substituents is 1. The maximum atomic E-state index is 12.5. The highest BCUT2D eigenvalue weighted by Gasteiger charge is 2.30. The van der Waals surface area contributed by atoms with Gasteiger partial charge in [0.1, 0.15) is 0 Å². The highest BCUT2D eigenvalue weighted by atomic mass is 32.2. The van der Waals surface area contributed by atoms with Crippen LogP contribution in [0.1, 0.15) is 12.5 Å². The van der Waals surface area contributed by atoms with E-state index in [1.807, 2.05) is 0 Å². The zero-order valence-corrected chi connectivity index (χ0v) is 13.4. The number of benzene rings is 2. The highest BCUT2D eigenvalue weighted by Crippen LogP contribution is 2.33. The van der Waals surface area contributed by atoms with E-state index in [0.717, 1.165) is 6.07 Å². The summed E-state index contributed by atoms with van der Waals surface area (Å²) >= 11 is 0. The van der Waals surface area contributed by atoms with Crippen molar-refractivity contribution in [3.8, 4) is 11.5 Å². The van der Waals surface area contributed by atoms with Crippen molar-refractivity contribution in [2.75, 3.05) is 6.61 Å². The molecule has 0 saturated heterocycles. The molecule has 8 heteroatoms. The molecule has 0 bridgehead atoms. The Labute approximate surface area is 133 Å². The van der Waals surface area contributed by atoms with Gasteiger partial charge < -0.3 is 8.92 Å². The van der Waals surface area contributed by atoms with Crippen LogP contribution in [-0.2, 0) is 10.1 Å². The van der Waals surface area contributed by atoms with E-state index in [2.05, 4.69) is 0 Å². The lowest BCUT2D eigenvalue weighted by Gasteiger charge is -2.12. The van der Waals surface area contributed by atoms with Gasteiger partial charge in [0.15, 0.2) is 16.4 Å². The summed E-state index contributed by atoms with van der Waals surface area (Å²) in [6, 6.07) is 10.2. The molecule has 0 spiro atoms. The molecule has 0 radical (unpaired) electrons. The fourth-order valence-electron chi connectivity index (χ4n) is 2.06. The first-order valence-electron chi connectivity index (χ1n) is 6.77. The Bertz CT molecular complexity index is 832. The maximum Gasteiger partial charge on any atom is 0.346 e. The molecule has 0 saturated carbocycles. The van der Waals surface area contributed by atoms with E-state index in [-0.39, 0.29) is 17.1 Å². The number of hydrogen-bond acceptors (Lipinski definition) is 6. The molecular weight excluding hydrogens is 322 g/mol. The summed E-state index contributed by atoms with van der Waals surface area (Å²) in [4.78, 5) is 9.89. The van der Waals surface area contributed by atoms with Crippen LogP contribution in [0, 0.1) is 17.0 Å². The molecule has 7 nitrogen and oxygen atoms in total. The Balaban J connectivity index is 2.51. The molecule has 0 aliphatic heterocycles. The number of rotatable bonds is 6. The van der Waals surface area contributed by atoms with Crippen molar-refractivity contribution in [1.82, 2.24) is 0 Å². The normalized spacial score (nSPS) is 11.0. The fraction of sp³-hybridized carbons (Fsp3) is 0.200. The van der Waals surface area contributed by atoms with Crippen molar-refractivity contribution in [3.63, 3.8) is 0 Å². The molecule has 0 fully saturated rings. The Morgan fingerprint density at radius 3 is 2.35 bits per heavy atom. The van der Waals surface area contributed by atoms with E-state index < -0.39 is 25.6 Å². The van der Waals surface area contributed by atoms with Crippen LogP contribution in [0.4, 0.5) is 5.69 Å². The predicted octanol–water partition coefficient (Wildman–Crippen LogP) is 3.07. The molecule has 2 rings (SSSR count). The van der Waals surface area contributed by atoms with Crippen molar-refractivity contribution in [2.45, 2.75) is 18.7 Å². The molecule has 122 valence electrons. The first-order valence-corrected chi connectivity index (χ1v) is 8.18. The first kappa shape index (κ1) is 16.8. The second-order valence-electron chi connectivity index (χ2n) is 4.60. The highest BCUT2D eigenvalue weighted by molar-refractivity contribution is 7.87. The number of nitrogens with zero attached hydrogens (tertiary/aromatic N) is 1. The zero-order chi connectivity index (χ0) is 17.0. The van der Waals surface area contributed by atoms with Gasteiger partial charge in [-0.25, -0.2) is 0 Å². The van der Waals surface area contributed by atoms with E-state index in [9.17, 15) is 18.5 Å². The SMILES string of the molecule is CCOc1ccccc1OS(=O)(=O)c1c(C)cccc1[N+](=O)[O-]. The molecule has 0 N–H and O–H groups in total. The lowest BCUT2D eigenvalue weighted by atomic mass is 10.2. The number of hydrogen-bond donors (Lipinski definition) is 0. The smallest absolute Gasteiger partial charge is 0.346 e. The van der Waals surface area contributed by atoms with Crippen LogP contribution in [-0.4, -0.2) is 19.9 Å². The van der Waals surface area contributed by atoms with Crippen molar-refractivity contribution < 1.29 is 22.3 Å². The second-order valence-corrected chi connectivity index (χ2v) is 6.08. The average molecular weight is 337 g/mol. The fourth-order valence-corrected chi connectivity index (χ4v) is 3.38. The van der Waals surface area contributed by atoms with E-state index in [1.165, 1.54) is 25.1 Å². The molecule has 2 aromatic carbocycles. The molecule has 0 unspecified atom stereocenters. The molecule has 0 heterocycles. The molecule has 0 amide bonds. The zero-order valence-electron chi connectivity index (χ0n) is 12.6. The largest absolute Gasteiger partial charge is 0.490 e. The van der Waals surface area contributed by atoms with Gasteiger partial charge in [-0.15, -0.1) is 0 Å². The van der Waals surface area contributed by atoms with E-state index >= 15 is 0 Å². The third-order valence-corrected chi connectivity index (χ3v) is 4.42. The van der Waals surface area contributed by atoms with Gasteiger partial charge in [0.2, 0.25) is 0 Å². The van der Waals surface area contributed by atoms with Crippen molar-refractivity contribution >= 4 is 15.8 Å². The summed E-state index contributed by atoms with van der Waals surface area (Å²) in [6.45, 7) is 3.54. The van der Waals surface area contributed by atoms with Crippen LogP contribution in [0.3, 0.4) is 0 Å². The summed E-state index contributed by atoms with van der Waals surface area (Å²) in [5, 5.41) is 11.1. The Morgan fingerprint density at radius 2 is 1.74 bits per heavy atom. The minimum Gasteiger partial charge on any atom is -0.490 e. The van der Waals surface area contributed by atoms with Gasteiger partial charge in [0.25, 0.3) is 5.69 Å². The molecule has 0 atom stereocenters. The topological polar surface area (TPSA) is 95.7 Å². The second kappa shape index (κ2) is 6.66. The quantitative estimate of drug-likeness (QED) is 0.456. The van der Waals surface area contributed by atoms with Crippen LogP contribution in [0.2, 0.25) is 0 Å². The number of para-hydroxylation sites is 2. The van der Waals surface area contributed by atoms with Crippen molar-refractivity contribution in [3.05, 3.63) is 58.1 Å². The van der Waals surface area contributed by atoms with Gasteiger partial charge in [-0.1, -0.05) is 24.3 Å². The summed E-state index contributed by atoms with van der Waals surface area (Å²) in [5.41, 5.74) is -0.299. The van der Waals surface area contributed by atoms with Crippen LogP contribution in [0.25, 0.3) is 0 Å². The van der Waals surface area contributed by atoms with Crippen LogP contribution < -0.4 is 8.92 Å². The molecular formula is C15H15NO6S. The Hall–Kier alpha value is -2.61. The van der Waals surface area contributed by atoms with Gasteiger partial charge >= 0.3 is 10.1 Å². The Morgan fingerprint density at radius 1 is 1.09 bits per heavy atom. The van der Waals surface area contributed by atoms with Gasteiger partial charge in [-0.05, 0) is 31.5 Å². The minimum absolute atomic E-state index is 0.0214. The summed E-state index contributed by atoms with van der Waals surface area (Å²) < 4.78 is 35.4. The van der Waals surface area contributed by atoms with Crippen LogP contribution in [0.5, 0.6) is 11.5 Å². The Kier molecular flexibility index (Phi) is 4.85. The molecule has 0 aliphatic carbocycles. The van der Waals surface area contributed by atoms with Crippen LogP contribution >= 0.6 is 0 Å². The van der Waals surface area contributed by atoms with Gasteiger partial charge in [-0.3, -0.25) is 10.1 Å². The third-order valence-electron chi connectivity index (χ3n) is 2.99. The summed E-state index contributed by atoms with van der Waals surface area (Å²) in [6.07, 6.45) is 0. The monoisotopic (exact) mass is 337 g/mol. The minimum atomic E-state index is -4.38. The lowest BCUT2D eigenvalue weighted by Crippen LogP contribution is -2.14. The maximum absolute atomic E-state index is 12.5. The first-order chi connectivity index (χ1) is 10.9. The summed E-state index contributed by atoms with van der Waals surface area (Å²) in [5.74, 6) is 0.224. The summed E-state index contributed by atoms with van der Waals surface area (Å²) in [7, 11) is -4.38. The van der Waals surface area contributed by atoms with Crippen molar-refractivity contribution in [2.24, 2.45) is 0 Å². The predicted molar refractivity (Wildman–Crippen MR) is 83.3 cm³/mol. The third kappa shape index (κ3) is 3.59. The van der Waals surface area contributed by atoms with E-state index in [4.69, 9.17) is 8.92 Å². The number of aryl methyl sites for hydroxylation is 1. The van der Waals surface area contributed by atoms with Crippen molar-refractivity contribution in [1.29, 1.82) is 0 Å². The average Bonchev–Trinajstić information content (AvgIpc) is 2.48. The molecule has 2 aromatic rings. The van der Waals surface area contributed by atoms with E-state index in [1.54, 1.807) is 25.1 Å².